The Kier molecular flexibility index (Phi) is 7.26. The van der Waals surface area contributed by atoms with Crippen LogP contribution < -0.4 is 10.4 Å². The van der Waals surface area contributed by atoms with Gasteiger partial charge in [-0.15, -0.1) is 22.7 Å². The standard InChI is InChI=1S/C27H30NO4PS2/c1-15(2)18(5)19-8-9-20-13-24(34-23(20)12-19)25-14-21(26(35-25)27(29)30)28-33(31,32-6)22-10-7-16(3)11-17(22)4/h7-15,18H,1-6H3,(H,28,31)(H,29,30). The predicted molar refractivity (Wildman–Crippen MR) is 149 cm³/mol. The first-order valence-corrected chi connectivity index (χ1v) is 14.7. The zero-order valence-electron chi connectivity index (χ0n) is 20.7. The van der Waals surface area contributed by atoms with Crippen LogP contribution in [-0.4, -0.2) is 18.2 Å². The minimum Gasteiger partial charge on any atom is -0.477 e. The Morgan fingerprint density at radius 1 is 1.00 bits per heavy atom. The number of aryl methyl sites for hydroxylation is 2. The number of fused-ring (bicyclic) bond motifs is 1. The van der Waals surface area contributed by atoms with Crippen molar-refractivity contribution in [1.82, 2.24) is 0 Å². The maximum absolute atomic E-state index is 13.8. The van der Waals surface area contributed by atoms with Gasteiger partial charge in [0.2, 0.25) is 0 Å². The first kappa shape index (κ1) is 25.6. The number of anilines is 1. The van der Waals surface area contributed by atoms with Crippen molar-refractivity contribution in [3.63, 3.8) is 0 Å². The lowest BCUT2D eigenvalue weighted by Crippen LogP contribution is -2.17. The molecule has 2 N–H and O–H groups in total. The largest absolute Gasteiger partial charge is 0.477 e. The molecule has 0 spiro atoms. The van der Waals surface area contributed by atoms with E-state index in [1.54, 1.807) is 23.5 Å². The topological polar surface area (TPSA) is 75.6 Å². The summed E-state index contributed by atoms with van der Waals surface area (Å²) in [4.78, 5) is 14.0. The highest BCUT2D eigenvalue weighted by Gasteiger charge is 2.30. The van der Waals surface area contributed by atoms with Crippen LogP contribution in [-0.2, 0) is 9.09 Å². The van der Waals surface area contributed by atoms with Gasteiger partial charge in [-0.2, -0.15) is 0 Å². The Labute approximate surface area is 214 Å². The van der Waals surface area contributed by atoms with E-state index in [4.69, 9.17) is 4.52 Å². The molecule has 184 valence electrons. The molecule has 2 atom stereocenters. The van der Waals surface area contributed by atoms with E-state index in [0.717, 1.165) is 26.3 Å². The molecule has 0 fully saturated rings. The lowest BCUT2D eigenvalue weighted by Gasteiger charge is -2.20. The van der Waals surface area contributed by atoms with Gasteiger partial charge < -0.3 is 14.7 Å². The normalized spacial score (nSPS) is 14.3. The summed E-state index contributed by atoms with van der Waals surface area (Å²) < 4.78 is 20.4. The van der Waals surface area contributed by atoms with Gasteiger partial charge in [0.15, 0.2) is 0 Å². The third-order valence-corrected chi connectivity index (χ3v) is 11.0. The molecule has 0 radical (unpaired) electrons. The Morgan fingerprint density at radius 3 is 2.34 bits per heavy atom. The molecular formula is C27H30NO4PS2. The first-order chi connectivity index (χ1) is 16.5. The van der Waals surface area contributed by atoms with Crippen molar-refractivity contribution in [2.75, 3.05) is 12.2 Å². The van der Waals surface area contributed by atoms with Crippen LogP contribution >= 0.6 is 30.2 Å². The van der Waals surface area contributed by atoms with Crippen molar-refractivity contribution in [3.05, 3.63) is 70.1 Å². The Morgan fingerprint density at radius 2 is 1.71 bits per heavy atom. The van der Waals surface area contributed by atoms with Gasteiger partial charge in [0.1, 0.15) is 4.88 Å². The van der Waals surface area contributed by atoms with Crippen LogP contribution in [0.25, 0.3) is 19.8 Å². The fourth-order valence-electron chi connectivity index (χ4n) is 4.09. The predicted octanol–water partition coefficient (Wildman–Crippen LogP) is 8.28. The SMILES string of the molecule is COP(=O)(Nc1cc(-c2cc3ccc(C(C)C(C)C)cc3s2)sc1C(=O)O)c1ccc(C)cc1C. The zero-order valence-corrected chi connectivity index (χ0v) is 23.2. The summed E-state index contributed by atoms with van der Waals surface area (Å²) in [6, 6.07) is 16.0. The van der Waals surface area contributed by atoms with Crippen molar-refractivity contribution < 1.29 is 19.0 Å². The number of hydrogen-bond acceptors (Lipinski definition) is 5. The lowest BCUT2D eigenvalue weighted by molar-refractivity contribution is 0.0703. The number of carboxylic acid groups (broad SMARTS) is 1. The molecule has 4 rings (SSSR count). The minimum atomic E-state index is -3.54. The van der Waals surface area contributed by atoms with Gasteiger partial charge in [-0.05, 0) is 66.5 Å². The molecule has 2 aromatic heterocycles. The van der Waals surface area contributed by atoms with Gasteiger partial charge in [0, 0.05) is 21.6 Å². The smallest absolute Gasteiger partial charge is 0.348 e. The van der Waals surface area contributed by atoms with Gasteiger partial charge in [-0.25, -0.2) is 4.79 Å². The fourth-order valence-corrected chi connectivity index (χ4v) is 8.00. The van der Waals surface area contributed by atoms with Crippen molar-refractivity contribution in [1.29, 1.82) is 0 Å². The highest BCUT2D eigenvalue weighted by Crippen LogP contribution is 2.49. The Balaban J connectivity index is 1.74. The summed E-state index contributed by atoms with van der Waals surface area (Å²) in [6.07, 6.45) is 0. The molecule has 0 saturated carbocycles. The fraction of sp³-hybridized carbons (Fsp3) is 0.296. The van der Waals surface area contributed by atoms with Crippen LogP contribution in [0, 0.1) is 19.8 Å². The Bertz CT molecular complexity index is 1450. The average Bonchev–Trinajstić information content (AvgIpc) is 3.41. The molecular weight excluding hydrogens is 497 g/mol. The number of carbonyl (C=O) groups is 1. The molecule has 0 aliphatic rings. The monoisotopic (exact) mass is 527 g/mol. The van der Waals surface area contributed by atoms with Crippen LogP contribution in [0.5, 0.6) is 0 Å². The molecule has 2 aromatic carbocycles. The van der Waals surface area contributed by atoms with Gasteiger partial charge >= 0.3 is 13.5 Å². The van der Waals surface area contributed by atoms with Crippen molar-refractivity contribution in [2.24, 2.45) is 5.92 Å². The van der Waals surface area contributed by atoms with Gasteiger partial charge in [0.25, 0.3) is 0 Å². The first-order valence-electron chi connectivity index (χ1n) is 11.4. The molecule has 2 heterocycles. The van der Waals surface area contributed by atoms with Crippen LogP contribution in [0.1, 0.15) is 53.1 Å². The molecule has 0 amide bonds. The molecule has 5 nitrogen and oxygen atoms in total. The molecule has 4 aromatic rings. The van der Waals surface area contributed by atoms with E-state index in [1.807, 2.05) is 26.0 Å². The molecule has 35 heavy (non-hydrogen) atoms. The highest BCUT2D eigenvalue weighted by atomic mass is 32.1. The van der Waals surface area contributed by atoms with Crippen LogP contribution in [0.4, 0.5) is 5.69 Å². The second-order valence-electron chi connectivity index (χ2n) is 9.24. The van der Waals surface area contributed by atoms with Crippen LogP contribution in [0.15, 0.2) is 48.5 Å². The molecule has 2 unspecified atom stereocenters. The van der Waals surface area contributed by atoms with Crippen molar-refractivity contribution in [2.45, 2.75) is 40.5 Å². The third-order valence-electron chi connectivity index (χ3n) is 6.43. The molecule has 0 aliphatic carbocycles. The minimum absolute atomic E-state index is 0.105. The second kappa shape index (κ2) is 9.90. The summed E-state index contributed by atoms with van der Waals surface area (Å²) in [7, 11) is -2.16. The van der Waals surface area contributed by atoms with Crippen LogP contribution in [0.2, 0.25) is 0 Å². The van der Waals surface area contributed by atoms with E-state index in [9.17, 15) is 14.5 Å². The van der Waals surface area contributed by atoms with E-state index >= 15 is 0 Å². The summed E-state index contributed by atoms with van der Waals surface area (Å²) in [5.41, 5.74) is 3.48. The number of hydrogen-bond donors (Lipinski definition) is 2. The van der Waals surface area contributed by atoms with Crippen LogP contribution in [0.3, 0.4) is 0 Å². The summed E-state index contributed by atoms with van der Waals surface area (Å²) in [5.74, 6) is -0.0692. The second-order valence-corrected chi connectivity index (χ2v) is 13.5. The number of thiophene rings is 2. The van der Waals surface area contributed by atoms with Gasteiger partial charge in [0.05, 0.1) is 11.0 Å². The summed E-state index contributed by atoms with van der Waals surface area (Å²) >= 11 is 2.82. The molecule has 0 aliphatic heterocycles. The molecule has 0 bridgehead atoms. The maximum atomic E-state index is 13.8. The lowest BCUT2D eigenvalue weighted by atomic mass is 9.90. The molecule has 8 heteroatoms. The summed E-state index contributed by atoms with van der Waals surface area (Å²) in [6.45, 7) is 10.5. The van der Waals surface area contributed by atoms with Gasteiger partial charge in [-0.3, -0.25) is 4.57 Å². The maximum Gasteiger partial charge on any atom is 0.348 e. The zero-order chi connectivity index (χ0) is 25.5. The highest BCUT2D eigenvalue weighted by molar-refractivity contribution is 7.68. The van der Waals surface area contributed by atoms with E-state index in [2.05, 4.69) is 50.1 Å². The number of benzene rings is 2. The third kappa shape index (κ3) is 5.10. The number of nitrogens with one attached hydrogen (secondary N) is 1. The van der Waals surface area contributed by atoms with E-state index in [0.29, 0.717) is 22.8 Å². The van der Waals surface area contributed by atoms with Crippen molar-refractivity contribution >= 4 is 57.2 Å². The number of carboxylic acids is 1. The average molecular weight is 528 g/mol. The number of aromatic carboxylic acids is 1. The van der Waals surface area contributed by atoms with E-state index < -0.39 is 13.5 Å². The van der Waals surface area contributed by atoms with Gasteiger partial charge in [-0.1, -0.05) is 50.6 Å². The summed E-state index contributed by atoms with van der Waals surface area (Å²) in [5, 5.41) is 14.5. The van der Waals surface area contributed by atoms with E-state index in [-0.39, 0.29) is 4.88 Å². The quantitative estimate of drug-likeness (QED) is 0.226. The molecule has 0 saturated heterocycles. The Hall–Kier alpha value is -2.44. The number of rotatable bonds is 8. The van der Waals surface area contributed by atoms with Crippen molar-refractivity contribution in [3.8, 4) is 9.75 Å². The van der Waals surface area contributed by atoms with E-state index in [1.165, 1.54) is 28.7 Å².